The second kappa shape index (κ2) is 5.83. The van der Waals surface area contributed by atoms with E-state index in [0.717, 1.165) is 16.6 Å². The number of rotatable bonds is 3. The van der Waals surface area contributed by atoms with Gasteiger partial charge in [0.25, 0.3) is 5.56 Å². The molecule has 0 saturated heterocycles. The number of hydrogen-bond donors (Lipinski definition) is 2. The largest absolute Gasteiger partial charge is 0.480 e. The summed E-state index contributed by atoms with van der Waals surface area (Å²) in [6.45, 7) is 1.20. The van der Waals surface area contributed by atoms with Crippen molar-refractivity contribution in [3.05, 3.63) is 57.5 Å². The first-order valence-electron chi connectivity index (χ1n) is 7.30. The Kier molecular flexibility index (Phi) is 3.85. The standard InChI is InChI=1S/C16H16FN3O3/c1-9-18-13-7-6-12(10-2-4-11(17)5-3-10)19-15(13)16(23)20(9)8-14(21)22/h2-5,12,19H,6-8H2,1H3,(H,21,22). The van der Waals surface area contributed by atoms with E-state index in [-0.39, 0.29) is 17.4 Å². The van der Waals surface area contributed by atoms with E-state index < -0.39 is 12.5 Å². The Hall–Kier alpha value is -2.70. The maximum atomic E-state index is 13.0. The first-order valence-corrected chi connectivity index (χ1v) is 7.30. The predicted molar refractivity (Wildman–Crippen MR) is 82.0 cm³/mol. The summed E-state index contributed by atoms with van der Waals surface area (Å²) >= 11 is 0. The third kappa shape index (κ3) is 2.94. The number of anilines is 1. The van der Waals surface area contributed by atoms with E-state index in [1.165, 1.54) is 12.1 Å². The summed E-state index contributed by atoms with van der Waals surface area (Å²) in [7, 11) is 0. The van der Waals surface area contributed by atoms with Crippen LogP contribution in [0.25, 0.3) is 0 Å². The lowest BCUT2D eigenvalue weighted by Gasteiger charge is -2.27. The van der Waals surface area contributed by atoms with Crippen LogP contribution in [0.1, 0.15) is 29.5 Å². The molecule has 0 fully saturated rings. The van der Waals surface area contributed by atoms with Crippen LogP contribution in [-0.2, 0) is 17.8 Å². The third-order valence-corrected chi connectivity index (χ3v) is 3.99. The molecule has 0 bridgehead atoms. The summed E-state index contributed by atoms with van der Waals surface area (Å²) in [4.78, 5) is 27.8. The summed E-state index contributed by atoms with van der Waals surface area (Å²) in [5.41, 5.74) is 1.47. The van der Waals surface area contributed by atoms with Crippen molar-refractivity contribution in [2.45, 2.75) is 32.4 Å². The number of aryl methyl sites for hydroxylation is 2. The average molecular weight is 317 g/mol. The van der Waals surface area contributed by atoms with Gasteiger partial charge >= 0.3 is 5.97 Å². The molecule has 0 aliphatic carbocycles. The maximum Gasteiger partial charge on any atom is 0.323 e. The number of fused-ring (bicyclic) bond motifs is 1. The van der Waals surface area contributed by atoms with Gasteiger partial charge in [0, 0.05) is 0 Å². The molecule has 1 atom stereocenters. The lowest BCUT2D eigenvalue weighted by molar-refractivity contribution is -0.137. The van der Waals surface area contributed by atoms with Crippen molar-refractivity contribution in [1.82, 2.24) is 9.55 Å². The van der Waals surface area contributed by atoms with Gasteiger partial charge in [-0.15, -0.1) is 0 Å². The summed E-state index contributed by atoms with van der Waals surface area (Å²) in [5.74, 6) is -1.02. The Labute approximate surface area is 131 Å². The highest BCUT2D eigenvalue weighted by Crippen LogP contribution is 2.29. The van der Waals surface area contributed by atoms with Crippen LogP contribution >= 0.6 is 0 Å². The molecule has 1 aromatic heterocycles. The summed E-state index contributed by atoms with van der Waals surface area (Å²) in [6, 6.07) is 5.98. The van der Waals surface area contributed by atoms with E-state index in [4.69, 9.17) is 5.11 Å². The quantitative estimate of drug-likeness (QED) is 0.903. The van der Waals surface area contributed by atoms with Crippen LogP contribution in [0.3, 0.4) is 0 Å². The maximum absolute atomic E-state index is 13.0. The highest BCUT2D eigenvalue weighted by Gasteiger charge is 2.25. The SMILES string of the molecule is Cc1nc2c(c(=O)n1CC(=O)O)NC(c1ccc(F)cc1)CC2. The minimum absolute atomic E-state index is 0.126. The van der Waals surface area contributed by atoms with Crippen LogP contribution in [0.15, 0.2) is 29.1 Å². The minimum atomic E-state index is -1.09. The van der Waals surface area contributed by atoms with Gasteiger partial charge in [0.15, 0.2) is 0 Å². The highest BCUT2D eigenvalue weighted by atomic mass is 19.1. The number of carbonyl (C=O) groups is 1. The highest BCUT2D eigenvalue weighted by molar-refractivity contribution is 5.67. The normalized spacial score (nSPS) is 16.5. The number of benzene rings is 1. The average Bonchev–Trinajstić information content (AvgIpc) is 2.52. The molecule has 120 valence electrons. The van der Waals surface area contributed by atoms with Crippen molar-refractivity contribution in [2.24, 2.45) is 0 Å². The van der Waals surface area contributed by atoms with Crippen molar-refractivity contribution >= 4 is 11.7 Å². The fourth-order valence-electron chi connectivity index (χ4n) is 2.84. The van der Waals surface area contributed by atoms with Gasteiger partial charge in [-0.1, -0.05) is 12.1 Å². The predicted octanol–water partition coefficient (Wildman–Crippen LogP) is 1.87. The number of halogens is 1. The van der Waals surface area contributed by atoms with Gasteiger partial charge in [-0.25, -0.2) is 9.37 Å². The lowest BCUT2D eigenvalue weighted by atomic mass is 9.96. The number of aromatic nitrogens is 2. The molecule has 2 N–H and O–H groups in total. The number of aliphatic carboxylic acids is 1. The van der Waals surface area contributed by atoms with E-state index >= 15 is 0 Å². The van der Waals surface area contributed by atoms with Gasteiger partial charge in [-0.2, -0.15) is 0 Å². The Morgan fingerprint density at radius 1 is 1.43 bits per heavy atom. The van der Waals surface area contributed by atoms with E-state index in [1.54, 1.807) is 19.1 Å². The van der Waals surface area contributed by atoms with Crippen LogP contribution in [0.2, 0.25) is 0 Å². The number of hydrogen-bond acceptors (Lipinski definition) is 4. The molecular formula is C16H16FN3O3. The van der Waals surface area contributed by atoms with E-state index in [1.807, 2.05) is 0 Å². The van der Waals surface area contributed by atoms with Crippen LogP contribution in [0.5, 0.6) is 0 Å². The molecule has 23 heavy (non-hydrogen) atoms. The number of nitrogens with zero attached hydrogens (tertiary/aromatic N) is 2. The second-order valence-corrected chi connectivity index (χ2v) is 5.55. The van der Waals surface area contributed by atoms with Crippen molar-refractivity contribution in [3.8, 4) is 0 Å². The molecule has 2 heterocycles. The van der Waals surface area contributed by atoms with E-state index in [9.17, 15) is 14.0 Å². The molecule has 6 nitrogen and oxygen atoms in total. The van der Waals surface area contributed by atoms with E-state index in [2.05, 4.69) is 10.3 Å². The summed E-state index contributed by atoms with van der Waals surface area (Å²) in [5, 5.41) is 12.1. The molecule has 1 aliphatic rings. The summed E-state index contributed by atoms with van der Waals surface area (Å²) in [6.07, 6.45) is 1.34. The molecule has 7 heteroatoms. The Bertz CT molecular complexity index is 815. The first kappa shape index (κ1) is 15.2. The summed E-state index contributed by atoms with van der Waals surface area (Å²) < 4.78 is 14.2. The van der Waals surface area contributed by atoms with Gasteiger partial charge in [-0.05, 0) is 37.5 Å². The molecule has 3 rings (SSSR count). The van der Waals surface area contributed by atoms with Gasteiger partial charge in [-0.3, -0.25) is 14.2 Å². The van der Waals surface area contributed by atoms with Crippen LogP contribution in [-0.4, -0.2) is 20.6 Å². The smallest absolute Gasteiger partial charge is 0.323 e. The van der Waals surface area contributed by atoms with Gasteiger partial charge in [0.05, 0.1) is 11.7 Å². The van der Waals surface area contributed by atoms with Gasteiger partial charge in [0.1, 0.15) is 23.9 Å². The minimum Gasteiger partial charge on any atom is -0.480 e. The molecule has 1 aromatic carbocycles. The Morgan fingerprint density at radius 3 is 2.78 bits per heavy atom. The van der Waals surface area contributed by atoms with Crippen molar-refractivity contribution < 1.29 is 14.3 Å². The van der Waals surface area contributed by atoms with Gasteiger partial charge < -0.3 is 10.4 Å². The molecule has 0 spiro atoms. The number of carboxylic acids is 1. The molecule has 0 radical (unpaired) electrons. The van der Waals surface area contributed by atoms with Crippen LogP contribution in [0.4, 0.5) is 10.1 Å². The molecule has 1 unspecified atom stereocenters. The molecule has 0 amide bonds. The third-order valence-electron chi connectivity index (χ3n) is 3.99. The van der Waals surface area contributed by atoms with Crippen LogP contribution < -0.4 is 10.9 Å². The Balaban J connectivity index is 1.97. The zero-order valence-corrected chi connectivity index (χ0v) is 12.5. The fourth-order valence-corrected chi connectivity index (χ4v) is 2.84. The monoisotopic (exact) mass is 317 g/mol. The second-order valence-electron chi connectivity index (χ2n) is 5.55. The van der Waals surface area contributed by atoms with Crippen molar-refractivity contribution in [3.63, 3.8) is 0 Å². The number of carboxylic acid groups (broad SMARTS) is 1. The number of nitrogens with one attached hydrogen (secondary N) is 1. The fraction of sp³-hybridized carbons (Fsp3) is 0.312. The first-order chi connectivity index (χ1) is 11.0. The molecule has 1 aliphatic heterocycles. The zero-order valence-electron chi connectivity index (χ0n) is 12.5. The van der Waals surface area contributed by atoms with Crippen molar-refractivity contribution in [2.75, 3.05) is 5.32 Å². The van der Waals surface area contributed by atoms with E-state index in [0.29, 0.717) is 23.6 Å². The van der Waals surface area contributed by atoms with Crippen molar-refractivity contribution in [1.29, 1.82) is 0 Å². The molecular weight excluding hydrogens is 301 g/mol. The lowest BCUT2D eigenvalue weighted by Crippen LogP contribution is -2.34. The topological polar surface area (TPSA) is 84.2 Å². The Morgan fingerprint density at radius 2 is 2.13 bits per heavy atom. The molecule has 0 saturated carbocycles. The zero-order chi connectivity index (χ0) is 16.6. The van der Waals surface area contributed by atoms with Crippen LogP contribution in [0, 0.1) is 12.7 Å². The van der Waals surface area contributed by atoms with Gasteiger partial charge in [0.2, 0.25) is 0 Å². The molecule has 2 aromatic rings.